The molecule has 2 aliphatic heterocycles. The third-order valence-corrected chi connectivity index (χ3v) is 6.92. The molecular formula is C19H22N2O7S. The van der Waals surface area contributed by atoms with Gasteiger partial charge in [-0.2, -0.15) is 0 Å². The summed E-state index contributed by atoms with van der Waals surface area (Å²) in [6, 6.07) is 4.48. The van der Waals surface area contributed by atoms with Crippen LogP contribution in [0.4, 0.5) is 4.79 Å². The van der Waals surface area contributed by atoms with Gasteiger partial charge in [0.05, 0.1) is 48.9 Å². The molecule has 2 atom stereocenters. The lowest BCUT2D eigenvalue weighted by molar-refractivity contribution is -0.136. The quantitative estimate of drug-likeness (QED) is 0.724. The molecule has 0 spiro atoms. The second-order valence-electron chi connectivity index (χ2n) is 6.91. The van der Waals surface area contributed by atoms with Crippen LogP contribution in [0.2, 0.25) is 0 Å². The van der Waals surface area contributed by atoms with Crippen molar-refractivity contribution < 1.29 is 32.3 Å². The van der Waals surface area contributed by atoms with Crippen molar-refractivity contribution in [3.8, 4) is 0 Å². The Kier molecular flexibility index (Phi) is 5.65. The van der Waals surface area contributed by atoms with Crippen LogP contribution in [0.15, 0.2) is 35.5 Å². The zero-order valence-electron chi connectivity index (χ0n) is 16.3. The number of methoxy groups -OCH3 is 2. The van der Waals surface area contributed by atoms with Crippen molar-refractivity contribution in [2.45, 2.75) is 25.4 Å². The van der Waals surface area contributed by atoms with Crippen molar-refractivity contribution in [3.05, 3.63) is 46.7 Å². The van der Waals surface area contributed by atoms with Gasteiger partial charge in [0.1, 0.15) is 0 Å². The first-order valence-corrected chi connectivity index (χ1v) is 10.8. The van der Waals surface area contributed by atoms with Gasteiger partial charge >= 0.3 is 18.0 Å². The predicted octanol–water partition coefficient (Wildman–Crippen LogP) is 1.17. The molecule has 0 aromatic heterocycles. The summed E-state index contributed by atoms with van der Waals surface area (Å²) >= 11 is 0. The summed E-state index contributed by atoms with van der Waals surface area (Å²) in [5.74, 6) is -1.28. The number of carbonyl (C=O) groups is 3. The molecule has 2 aliphatic rings. The fourth-order valence-electron chi connectivity index (χ4n) is 3.73. The van der Waals surface area contributed by atoms with Crippen molar-refractivity contribution in [2.75, 3.05) is 25.7 Å². The molecule has 1 aromatic rings. The van der Waals surface area contributed by atoms with Crippen molar-refractivity contribution >= 4 is 27.8 Å². The number of urea groups is 1. The van der Waals surface area contributed by atoms with Crippen LogP contribution in [0.25, 0.3) is 0 Å². The van der Waals surface area contributed by atoms with Gasteiger partial charge in [0.25, 0.3) is 0 Å². The number of rotatable bonds is 4. The lowest BCUT2D eigenvalue weighted by atomic mass is 9.93. The van der Waals surface area contributed by atoms with Gasteiger partial charge in [-0.05, 0) is 31.0 Å². The molecule has 0 bridgehead atoms. The Labute approximate surface area is 168 Å². The summed E-state index contributed by atoms with van der Waals surface area (Å²) in [4.78, 5) is 38.3. The average Bonchev–Trinajstić information content (AvgIpc) is 3.05. The first-order valence-electron chi connectivity index (χ1n) is 8.96. The zero-order valence-corrected chi connectivity index (χ0v) is 17.1. The molecule has 9 nitrogen and oxygen atoms in total. The summed E-state index contributed by atoms with van der Waals surface area (Å²) in [5, 5.41) is 2.76. The van der Waals surface area contributed by atoms with Gasteiger partial charge in [0, 0.05) is 5.70 Å². The van der Waals surface area contributed by atoms with Crippen LogP contribution in [0, 0.1) is 0 Å². The van der Waals surface area contributed by atoms with Gasteiger partial charge in [0.2, 0.25) is 0 Å². The number of hydrogen-bond donors (Lipinski definition) is 1. The number of allylic oxidation sites excluding steroid dienone is 1. The molecular weight excluding hydrogens is 400 g/mol. The SMILES string of the molecule is COC(=O)C1=C(C)N([C@@H]2CCS(=O)(=O)C2)C(=O)N[C@@H]1c1ccc(C(=O)OC)cc1. The van der Waals surface area contributed by atoms with Crippen LogP contribution in [0.1, 0.15) is 35.3 Å². The maximum absolute atomic E-state index is 12.8. The summed E-state index contributed by atoms with van der Waals surface area (Å²) in [6.07, 6.45) is 0.306. The van der Waals surface area contributed by atoms with Crippen LogP contribution in [0.5, 0.6) is 0 Å². The topological polar surface area (TPSA) is 119 Å². The van der Waals surface area contributed by atoms with Crippen molar-refractivity contribution in [3.63, 3.8) is 0 Å². The maximum atomic E-state index is 12.8. The molecule has 0 aliphatic carbocycles. The van der Waals surface area contributed by atoms with Crippen LogP contribution >= 0.6 is 0 Å². The van der Waals surface area contributed by atoms with Gasteiger partial charge in [-0.25, -0.2) is 22.8 Å². The largest absolute Gasteiger partial charge is 0.466 e. The molecule has 1 N–H and O–H groups in total. The van der Waals surface area contributed by atoms with E-state index in [9.17, 15) is 22.8 Å². The molecule has 10 heteroatoms. The highest BCUT2D eigenvalue weighted by Gasteiger charge is 2.42. The number of esters is 2. The fraction of sp³-hybridized carbons (Fsp3) is 0.421. The van der Waals surface area contributed by atoms with Crippen molar-refractivity contribution in [2.24, 2.45) is 0 Å². The number of nitrogens with zero attached hydrogens (tertiary/aromatic N) is 1. The Morgan fingerprint density at radius 3 is 2.24 bits per heavy atom. The van der Waals surface area contributed by atoms with E-state index in [0.29, 0.717) is 23.2 Å². The standard InChI is InChI=1S/C19H22N2O7S/c1-11-15(18(23)28-3)16(12-4-6-13(7-5-12)17(22)27-2)20-19(24)21(11)14-8-9-29(25,26)10-14/h4-7,14,16H,8-10H2,1-3H3,(H,20,24)/t14-,16-/m1/s1. The highest BCUT2D eigenvalue weighted by molar-refractivity contribution is 7.91. The summed E-state index contributed by atoms with van der Waals surface area (Å²) in [5.41, 5.74) is 1.47. The Morgan fingerprint density at radius 1 is 1.10 bits per heavy atom. The van der Waals surface area contributed by atoms with E-state index < -0.39 is 39.9 Å². The molecule has 0 saturated carbocycles. The van der Waals surface area contributed by atoms with E-state index in [1.165, 1.54) is 31.3 Å². The molecule has 1 aromatic carbocycles. The molecule has 0 unspecified atom stereocenters. The molecule has 1 fully saturated rings. The van der Waals surface area contributed by atoms with Gasteiger partial charge in [-0.3, -0.25) is 4.90 Å². The molecule has 156 valence electrons. The third kappa shape index (κ3) is 3.98. The van der Waals surface area contributed by atoms with E-state index in [1.54, 1.807) is 19.1 Å². The van der Waals surface area contributed by atoms with E-state index in [4.69, 9.17) is 4.74 Å². The molecule has 0 radical (unpaired) electrons. The minimum Gasteiger partial charge on any atom is -0.466 e. The van der Waals surface area contributed by atoms with Crippen LogP contribution in [-0.4, -0.2) is 63.1 Å². The third-order valence-electron chi connectivity index (χ3n) is 5.17. The molecule has 3 rings (SSSR count). The van der Waals surface area contributed by atoms with E-state index in [-0.39, 0.29) is 17.1 Å². The van der Waals surface area contributed by atoms with Crippen LogP contribution < -0.4 is 5.32 Å². The second kappa shape index (κ2) is 7.86. The normalized spacial score (nSPS) is 23.6. The number of nitrogens with one attached hydrogen (secondary N) is 1. The lowest BCUT2D eigenvalue weighted by Crippen LogP contribution is -2.52. The van der Waals surface area contributed by atoms with E-state index in [2.05, 4.69) is 10.1 Å². The van der Waals surface area contributed by atoms with E-state index in [1.807, 2.05) is 0 Å². The smallest absolute Gasteiger partial charge is 0.337 e. The maximum Gasteiger partial charge on any atom is 0.337 e. The predicted molar refractivity (Wildman–Crippen MR) is 103 cm³/mol. The Hall–Kier alpha value is -2.88. The van der Waals surface area contributed by atoms with E-state index in [0.717, 1.165) is 0 Å². The second-order valence-corrected chi connectivity index (χ2v) is 9.14. The fourth-order valence-corrected chi connectivity index (χ4v) is 5.43. The highest BCUT2D eigenvalue weighted by atomic mass is 32.2. The Bertz CT molecular complexity index is 982. The number of amides is 2. The van der Waals surface area contributed by atoms with Crippen LogP contribution in [-0.2, 0) is 24.1 Å². The van der Waals surface area contributed by atoms with Gasteiger partial charge in [-0.1, -0.05) is 12.1 Å². The van der Waals surface area contributed by atoms with Gasteiger partial charge in [0.15, 0.2) is 9.84 Å². The van der Waals surface area contributed by atoms with Crippen molar-refractivity contribution in [1.82, 2.24) is 10.2 Å². The van der Waals surface area contributed by atoms with Crippen LogP contribution in [0.3, 0.4) is 0 Å². The minimum atomic E-state index is -3.22. The summed E-state index contributed by atoms with van der Waals surface area (Å²) in [7, 11) is -0.709. The zero-order chi connectivity index (χ0) is 21.3. The number of benzene rings is 1. The molecule has 1 saturated heterocycles. The van der Waals surface area contributed by atoms with Gasteiger partial charge < -0.3 is 14.8 Å². The highest BCUT2D eigenvalue weighted by Crippen LogP contribution is 2.34. The van der Waals surface area contributed by atoms with Gasteiger partial charge in [-0.15, -0.1) is 0 Å². The summed E-state index contributed by atoms with van der Waals surface area (Å²) < 4.78 is 33.3. The first kappa shape index (κ1) is 20.8. The number of ether oxygens (including phenoxy) is 2. The molecule has 29 heavy (non-hydrogen) atoms. The van der Waals surface area contributed by atoms with E-state index >= 15 is 0 Å². The molecule has 2 heterocycles. The van der Waals surface area contributed by atoms with Crippen molar-refractivity contribution in [1.29, 1.82) is 0 Å². The minimum absolute atomic E-state index is 0.000698. The Morgan fingerprint density at radius 2 is 1.72 bits per heavy atom. The number of hydrogen-bond acceptors (Lipinski definition) is 7. The Balaban J connectivity index is 2.01. The summed E-state index contributed by atoms with van der Waals surface area (Å²) in [6.45, 7) is 1.60. The number of sulfone groups is 1. The monoisotopic (exact) mass is 422 g/mol. The molecule has 2 amide bonds. The number of carbonyl (C=O) groups excluding carboxylic acids is 3. The lowest BCUT2D eigenvalue weighted by Gasteiger charge is -2.38. The average molecular weight is 422 g/mol. The first-order chi connectivity index (χ1) is 13.7.